The second-order valence-corrected chi connectivity index (χ2v) is 10.3. The fourth-order valence-corrected chi connectivity index (χ4v) is 6.27. The summed E-state index contributed by atoms with van der Waals surface area (Å²) in [5.74, 6) is 0.634. The Kier molecular flexibility index (Phi) is 5.84. The van der Waals surface area contributed by atoms with Crippen LogP contribution in [0.4, 0.5) is 0 Å². The van der Waals surface area contributed by atoms with Gasteiger partial charge in [-0.3, -0.25) is 9.48 Å². The van der Waals surface area contributed by atoms with E-state index in [-0.39, 0.29) is 12.2 Å². The predicted molar refractivity (Wildman–Crippen MR) is 138 cm³/mol. The van der Waals surface area contributed by atoms with E-state index >= 15 is 0 Å². The molecule has 2 aromatic carbocycles. The largest absolute Gasteiger partial charge is 0.394 e. The van der Waals surface area contributed by atoms with E-state index in [9.17, 15) is 9.90 Å². The molecule has 1 fully saturated rings. The summed E-state index contributed by atoms with van der Waals surface area (Å²) in [6.45, 7) is 2.23. The lowest BCUT2D eigenvalue weighted by molar-refractivity contribution is -0.00377. The molecule has 8 nitrogen and oxygen atoms in total. The van der Waals surface area contributed by atoms with Gasteiger partial charge in [0.05, 0.1) is 18.2 Å². The van der Waals surface area contributed by atoms with E-state index in [4.69, 9.17) is 0 Å². The molecule has 4 heterocycles. The van der Waals surface area contributed by atoms with E-state index in [0.717, 1.165) is 72.8 Å². The molecule has 0 radical (unpaired) electrons. The fourth-order valence-electron chi connectivity index (χ4n) is 6.27. The highest BCUT2D eigenvalue weighted by atomic mass is 16.3. The zero-order valence-corrected chi connectivity index (χ0v) is 20.7. The Labute approximate surface area is 210 Å². The summed E-state index contributed by atoms with van der Waals surface area (Å²) >= 11 is 0. The van der Waals surface area contributed by atoms with Crippen molar-refractivity contribution in [1.82, 2.24) is 30.0 Å². The highest BCUT2D eigenvalue weighted by Gasteiger charge is 2.47. The smallest absolute Gasteiger partial charge is 0.271 e. The average Bonchev–Trinajstić information content (AvgIpc) is 3.57. The molecule has 0 spiro atoms. The van der Waals surface area contributed by atoms with Gasteiger partial charge in [0.15, 0.2) is 5.82 Å². The number of aromatic amines is 1. The van der Waals surface area contributed by atoms with Gasteiger partial charge in [0, 0.05) is 23.2 Å². The van der Waals surface area contributed by atoms with Crippen molar-refractivity contribution in [3.8, 4) is 22.5 Å². The van der Waals surface area contributed by atoms with Gasteiger partial charge in [0.1, 0.15) is 0 Å². The Balaban J connectivity index is 1.37. The molecule has 0 saturated heterocycles. The number of hydrogen-bond acceptors (Lipinski definition) is 5. The maximum Gasteiger partial charge on any atom is 0.271 e. The summed E-state index contributed by atoms with van der Waals surface area (Å²) in [6.07, 6.45) is 7.52. The van der Waals surface area contributed by atoms with Crippen LogP contribution >= 0.6 is 0 Å². The molecular formula is C28H32N6O2. The molecule has 8 heteroatoms. The minimum Gasteiger partial charge on any atom is -0.394 e. The second kappa shape index (κ2) is 9.17. The number of aliphatic hydroxyl groups is 1. The average molecular weight is 485 g/mol. The number of tetrazole rings is 1. The molecule has 186 valence electrons. The number of nitrogens with one attached hydrogen (secondary N) is 1. The zero-order chi connectivity index (χ0) is 24.7. The van der Waals surface area contributed by atoms with E-state index in [1.54, 1.807) is 0 Å². The maximum atomic E-state index is 13.8. The summed E-state index contributed by atoms with van der Waals surface area (Å²) in [7, 11) is 0. The third-order valence-electron chi connectivity index (χ3n) is 8.21. The highest BCUT2D eigenvalue weighted by Crippen LogP contribution is 2.45. The van der Waals surface area contributed by atoms with Gasteiger partial charge in [0.25, 0.3) is 5.56 Å². The van der Waals surface area contributed by atoms with Gasteiger partial charge in [0.2, 0.25) is 0 Å². The van der Waals surface area contributed by atoms with Crippen LogP contribution in [0.3, 0.4) is 0 Å². The van der Waals surface area contributed by atoms with Crippen LogP contribution in [-0.2, 0) is 18.4 Å². The molecule has 2 N–H and O–H groups in total. The first-order valence-electron chi connectivity index (χ1n) is 13.0. The number of benzene rings is 2. The van der Waals surface area contributed by atoms with Crippen LogP contribution < -0.4 is 5.56 Å². The number of aromatic nitrogens is 6. The number of H-pyrrole nitrogens is 1. The number of hydrogen-bond donors (Lipinski definition) is 2. The van der Waals surface area contributed by atoms with Crippen molar-refractivity contribution in [1.29, 1.82) is 0 Å². The molecular weight excluding hydrogens is 452 g/mol. The van der Waals surface area contributed by atoms with Gasteiger partial charge in [-0.15, -0.1) is 5.10 Å². The van der Waals surface area contributed by atoms with Crippen LogP contribution in [0, 0.1) is 0 Å². The zero-order valence-electron chi connectivity index (χ0n) is 20.7. The van der Waals surface area contributed by atoms with Crippen LogP contribution in [0.1, 0.15) is 68.3 Å². The van der Waals surface area contributed by atoms with E-state index < -0.39 is 5.54 Å². The molecule has 7 rings (SSSR count). The molecule has 4 aromatic rings. The van der Waals surface area contributed by atoms with Crippen molar-refractivity contribution in [3.05, 3.63) is 75.7 Å². The van der Waals surface area contributed by atoms with E-state index in [1.165, 1.54) is 5.69 Å². The van der Waals surface area contributed by atoms with Gasteiger partial charge >= 0.3 is 0 Å². The topological polar surface area (TPSA) is 102 Å². The lowest BCUT2D eigenvalue weighted by Crippen LogP contribution is -2.54. The van der Waals surface area contributed by atoms with Crippen LogP contribution in [0.5, 0.6) is 0 Å². The Morgan fingerprint density at radius 3 is 2.50 bits per heavy atom. The molecule has 1 saturated carbocycles. The van der Waals surface area contributed by atoms with Gasteiger partial charge in [-0.25, -0.2) is 9.78 Å². The van der Waals surface area contributed by atoms with E-state index in [2.05, 4.69) is 62.6 Å². The number of rotatable bonds is 8. The molecule has 36 heavy (non-hydrogen) atoms. The maximum absolute atomic E-state index is 13.8. The standard InChI is InChI=1S/C28H32N6O2/c1-2-3-8-25-24(27(36)34-28(18-35)15-13-21(14-16-28)33(25)34)17-19-9-11-20(12-10-19)22-6-4-5-7-23(22)26-29-31-32-30-26/h4-7,9-12,21,35H,2-3,8,13-18H2,1H3,(H,29,30,31,32). The quantitative estimate of drug-likeness (QED) is 0.389. The monoisotopic (exact) mass is 484 g/mol. The molecule has 0 unspecified atom stereocenters. The van der Waals surface area contributed by atoms with Gasteiger partial charge in [-0.1, -0.05) is 61.9 Å². The summed E-state index contributed by atoms with van der Waals surface area (Å²) in [4.78, 5) is 13.8. The van der Waals surface area contributed by atoms with E-state index in [0.29, 0.717) is 18.3 Å². The van der Waals surface area contributed by atoms with Crippen molar-refractivity contribution >= 4 is 0 Å². The fraction of sp³-hybridized carbons (Fsp3) is 0.429. The minimum absolute atomic E-state index is 0.0328. The summed E-state index contributed by atoms with van der Waals surface area (Å²) in [6, 6.07) is 16.9. The van der Waals surface area contributed by atoms with Crippen LogP contribution in [0.25, 0.3) is 22.5 Å². The number of nitrogens with zero attached hydrogens (tertiary/aromatic N) is 5. The lowest BCUT2D eigenvalue weighted by Gasteiger charge is -2.48. The van der Waals surface area contributed by atoms with Gasteiger partial charge in [-0.05, 0) is 65.6 Å². The van der Waals surface area contributed by atoms with Gasteiger partial charge in [-0.2, -0.15) is 0 Å². The number of unbranched alkanes of at least 4 members (excludes halogenated alkanes) is 1. The molecule has 3 aliphatic rings. The highest BCUT2D eigenvalue weighted by molar-refractivity contribution is 5.80. The van der Waals surface area contributed by atoms with Crippen LogP contribution in [-0.4, -0.2) is 41.7 Å². The minimum atomic E-state index is -0.436. The van der Waals surface area contributed by atoms with Crippen molar-refractivity contribution in [3.63, 3.8) is 0 Å². The van der Waals surface area contributed by atoms with Crippen molar-refractivity contribution < 1.29 is 5.11 Å². The molecule has 2 bridgehead atoms. The molecule has 2 aromatic heterocycles. The Bertz CT molecular complexity index is 1410. The molecule has 1 aliphatic carbocycles. The molecule has 0 atom stereocenters. The van der Waals surface area contributed by atoms with E-state index in [1.807, 2.05) is 22.9 Å². The Morgan fingerprint density at radius 2 is 1.83 bits per heavy atom. The Morgan fingerprint density at radius 1 is 1.08 bits per heavy atom. The second-order valence-electron chi connectivity index (χ2n) is 10.3. The van der Waals surface area contributed by atoms with Crippen LogP contribution in [0.15, 0.2) is 53.3 Å². The number of fused-ring (bicyclic) bond motifs is 2. The normalized spacial score (nSPS) is 20.6. The first-order valence-corrected chi connectivity index (χ1v) is 13.0. The Hall–Kier alpha value is -3.52. The molecule has 2 aliphatic heterocycles. The summed E-state index contributed by atoms with van der Waals surface area (Å²) < 4.78 is 4.23. The summed E-state index contributed by atoms with van der Waals surface area (Å²) in [5, 5.41) is 24.7. The van der Waals surface area contributed by atoms with Crippen LogP contribution in [0.2, 0.25) is 0 Å². The lowest BCUT2D eigenvalue weighted by atomic mass is 9.78. The third kappa shape index (κ3) is 3.63. The SMILES string of the molecule is CCCCc1c(Cc2ccc(-c3ccccc3-c3nnn[nH]3)cc2)c(=O)n2n1C1CCC2(CO)CC1. The first-order chi connectivity index (χ1) is 17.6. The van der Waals surface area contributed by atoms with Crippen molar-refractivity contribution in [2.24, 2.45) is 0 Å². The molecule has 0 amide bonds. The predicted octanol–water partition coefficient (Wildman–Crippen LogP) is 4.25. The first kappa shape index (κ1) is 22.9. The number of aliphatic hydroxyl groups excluding tert-OH is 1. The van der Waals surface area contributed by atoms with Crippen molar-refractivity contribution in [2.75, 3.05) is 6.61 Å². The van der Waals surface area contributed by atoms with Gasteiger partial charge < -0.3 is 5.11 Å². The van der Waals surface area contributed by atoms with Crippen molar-refractivity contribution in [2.45, 2.75) is 69.9 Å². The summed E-state index contributed by atoms with van der Waals surface area (Å²) in [5.41, 5.74) is 5.91. The third-order valence-corrected chi connectivity index (χ3v) is 8.21.